The van der Waals surface area contributed by atoms with E-state index in [0.717, 1.165) is 19.4 Å². The molecule has 1 saturated heterocycles. The van der Waals surface area contributed by atoms with E-state index in [2.05, 4.69) is 0 Å². The quantitative estimate of drug-likeness (QED) is 0.444. The summed E-state index contributed by atoms with van der Waals surface area (Å²) in [6, 6.07) is 4.98. The van der Waals surface area contributed by atoms with Gasteiger partial charge >= 0.3 is 0 Å². The van der Waals surface area contributed by atoms with E-state index in [4.69, 9.17) is 11.5 Å². The summed E-state index contributed by atoms with van der Waals surface area (Å²) in [4.78, 5) is 14.0. The van der Waals surface area contributed by atoms with Crippen LogP contribution in [0.5, 0.6) is 0 Å². The number of ketones is 1. The number of aliphatic hydroxyl groups is 1. The minimum absolute atomic E-state index is 0. The third-order valence-corrected chi connectivity index (χ3v) is 3.39. The van der Waals surface area contributed by atoms with E-state index in [1.54, 1.807) is 24.4 Å². The van der Waals surface area contributed by atoms with E-state index in [1.165, 1.54) is 6.08 Å². The van der Waals surface area contributed by atoms with E-state index < -0.39 is 0 Å². The summed E-state index contributed by atoms with van der Waals surface area (Å²) in [5, 5.41) is 9.20. The fourth-order valence-electron chi connectivity index (χ4n) is 2.29. The Morgan fingerprint density at radius 2 is 2.20 bits per heavy atom. The highest BCUT2D eigenvalue weighted by atomic mass is 35.5. The number of nitrogen functional groups attached to an aromatic ring is 2. The smallest absolute Gasteiger partial charge is 0.189 e. The Kier molecular flexibility index (Phi) is 5.85. The van der Waals surface area contributed by atoms with E-state index >= 15 is 0 Å². The fourth-order valence-corrected chi connectivity index (χ4v) is 2.29. The Morgan fingerprint density at radius 1 is 1.45 bits per heavy atom. The number of hydrogen-bond acceptors (Lipinski definition) is 5. The summed E-state index contributed by atoms with van der Waals surface area (Å²) >= 11 is 0. The molecule has 6 heteroatoms. The number of hydrogen-bond donors (Lipinski definition) is 3. The molecule has 1 aromatic rings. The van der Waals surface area contributed by atoms with Crippen molar-refractivity contribution in [3.05, 3.63) is 36.0 Å². The molecule has 0 amide bonds. The van der Waals surface area contributed by atoms with Gasteiger partial charge in [-0.25, -0.2) is 0 Å². The second kappa shape index (κ2) is 7.17. The van der Waals surface area contributed by atoms with Gasteiger partial charge in [0.25, 0.3) is 0 Å². The minimum atomic E-state index is -0.173. The highest BCUT2D eigenvalue weighted by Gasteiger charge is 2.20. The van der Waals surface area contributed by atoms with Crippen molar-refractivity contribution in [2.45, 2.75) is 18.9 Å². The molecule has 1 unspecified atom stereocenters. The van der Waals surface area contributed by atoms with E-state index in [-0.39, 0.29) is 30.8 Å². The molecule has 0 saturated carbocycles. The predicted octanol–water partition coefficient (Wildman–Crippen LogP) is 1.43. The molecule has 1 aliphatic heterocycles. The minimum Gasteiger partial charge on any atom is -0.399 e. The zero-order chi connectivity index (χ0) is 13.8. The van der Waals surface area contributed by atoms with Gasteiger partial charge in [-0.2, -0.15) is 0 Å². The van der Waals surface area contributed by atoms with Gasteiger partial charge in [-0.1, -0.05) is 0 Å². The van der Waals surface area contributed by atoms with Crippen LogP contribution in [0.3, 0.4) is 0 Å². The molecule has 1 atom stereocenters. The molecule has 0 aromatic heterocycles. The van der Waals surface area contributed by atoms with Gasteiger partial charge < -0.3 is 21.5 Å². The maximum absolute atomic E-state index is 12.1. The van der Waals surface area contributed by atoms with Gasteiger partial charge in [-0.05, 0) is 31.0 Å². The second-order valence-electron chi connectivity index (χ2n) is 4.74. The monoisotopic (exact) mass is 297 g/mol. The molecule has 5 N–H and O–H groups in total. The number of allylic oxidation sites excluding steroid dienone is 1. The summed E-state index contributed by atoms with van der Waals surface area (Å²) in [5.41, 5.74) is 12.8. The van der Waals surface area contributed by atoms with Gasteiger partial charge in [-0.15, -0.1) is 12.4 Å². The molecule has 0 bridgehead atoms. The Morgan fingerprint density at radius 3 is 2.90 bits per heavy atom. The SMILES string of the molecule is Cl.Nc1ccc(N)c(C(=O)C=CN2CCCC2CO)c1. The van der Waals surface area contributed by atoms with Crippen LogP contribution in [0.4, 0.5) is 11.4 Å². The summed E-state index contributed by atoms with van der Waals surface area (Å²) in [6.07, 6.45) is 5.21. The summed E-state index contributed by atoms with van der Waals surface area (Å²) < 4.78 is 0. The molecule has 20 heavy (non-hydrogen) atoms. The first-order chi connectivity index (χ1) is 9.11. The Bertz CT molecular complexity index is 505. The number of benzene rings is 1. The van der Waals surface area contributed by atoms with Gasteiger partial charge in [0, 0.05) is 35.8 Å². The molecule has 1 fully saturated rings. The number of aliphatic hydroxyl groups excluding tert-OH is 1. The van der Waals surface area contributed by atoms with Crippen LogP contribution in [-0.2, 0) is 0 Å². The number of likely N-dealkylation sites (tertiary alicyclic amines) is 1. The lowest BCUT2D eigenvalue weighted by Gasteiger charge is -2.20. The molecule has 1 heterocycles. The lowest BCUT2D eigenvalue weighted by atomic mass is 10.1. The number of anilines is 2. The van der Waals surface area contributed by atoms with Crippen LogP contribution >= 0.6 is 12.4 Å². The lowest BCUT2D eigenvalue weighted by molar-refractivity contribution is 0.104. The van der Waals surface area contributed by atoms with Crippen molar-refractivity contribution in [2.24, 2.45) is 0 Å². The Labute approximate surface area is 124 Å². The normalized spacial score (nSPS) is 18.2. The van der Waals surface area contributed by atoms with Crippen molar-refractivity contribution in [3.8, 4) is 0 Å². The predicted molar refractivity (Wildman–Crippen MR) is 82.8 cm³/mol. The van der Waals surface area contributed by atoms with Crippen molar-refractivity contribution in [2.75, 3.05) is 24.6 Å². The zero-order valence-corrected chi connectivity index (χ0v) is 12.0. The van der Waals surface area contributed by atoms with Crippen molar-refractivity contribution in [1.82, 2.24) is 4.90 Å². The number of nitrogens with two attached hydrogens (primary N) is 2. The highest BCUT2D eigenvalue weighted by molar-refractivity contribution is 6.08. The van der Waals surface area contributed by atoms with Crippen molar-refractivity contribution in [3.63, 3.8) is 0 Å². The summed E-state index contributed by atoms with van der Waals surface area (Å²) in [7, 11) is 0. The number of carbonyl (C=O) groups is 1. The van der Waals surface area contributed by atoms with Crippen molar-refractivity contribution >= 4 is 29.6 Å². The summed E-state index contributed by atoms with van der Waals surface area (Å²) in [6.45, 7) is 0.973. The molecule has 1 aliphatic rings. The third-order valence-electron chi connectivity index (χ3n) is 3.39. The van der Waals surface area contributed by atoms with E-state index in [0.29, 0.717) is 16.9 Å². The van der Waals surface area contributed by atoms with Gasteiger partial charge in [0.15, 0.2) is 5.78 Å². The van der Waals surface area contributed by atoms with Crippen molar-refractivity contribution in [1.29, 1.82) is 0 Å². The third kappa shape index (κ3) is 3.65. The molecule has 0 aliphatic carbocycles. The topological polar surface area (TPSA) is 92.6 Å². The average molecular weight is 298 g/mol. The first-order valence-electron chi connectivity index (χ1n) is 6.36. The van der Waals surface area contributed by atoms with E-state index in [1.807, 2.05) is 4.90 Å². The fraction of sp³-hybridized carbons (Fsp3) is 0.357. The van der Waals surface area contributed by atoms with Crippen molar-refractivity contribution < 1.29 is 9.90 Å². The van der Waals surface area contributed by atoms with Crippen LogP contribution in [0.2, 0.25) is 0 Å². The summed E-state index contributed by atoms with van der Waals surface area (Å²) in [5.74, 6) is -0.173. The maximum atomic E-state index is 12.1. The van der Waals surface area contributed by atoms with Crippen LogP contribution in [0.1, 0.15) is 23.2 Å². The molecule has 0 radical (unpaired) electrons. The zero-order valence-electron chi connectivity index (χ0n) is 11.2. The second-order valence-corrected chi connectivity index (χ2v) is 4.74. The standard InChI is InChI=1S/C14H19N3O2.ClH/c15-10-3-4-13(16)12(8-10)14(19)5-7-17-6-1-2-11(17)9-18;/h3-5,7-8,11,18H,1-2,6,9,15-16H2;1H. The molecule has 2 rings (SSSR count). The Hall–Kier alpha value is -1.72. The maximum Gasteiger partial charge on any atom is 0.189 e. The Balaban J connectivity index is 0.00000200. The van der Waals surface area contributed by atoms with Gasteiger partial charge in [0.1, 0.15) is 0 Å². The molecule has 110 valence electrons. The first-order valence-corrected chi connectivity index (χ1v) is 6.36. The molecule has 0 spiro atoms. The van der Waals surface area contributed by atoms with Crippen LogP contribution < -0.4 is 11.5 Å². The number of nitrogens with zero attached hydrogens (tertiary/aromatic N) is 1. The van der Waals surface area contributed by atoms with Crippen LogP contribution in [0.15, 0.2) is 30.5 Å². The van der Waals surface area contributed by atoms with E-state index in [9.17, 15) is 9.90 Å². The van der Waals surface area contributed by atoms with Crippen LogP contribution in [-0.4, -0.2) is 35.0 Å². The number of carbonyl (C=O) groups excluding carboxylic acids is 1. The van der Waals surface area contributed by atoms with Crippen LogP contribution in [0, 0.1) is 0 Å². The average Bonchev–Trinajstić information content (AvgIpc) is 2.86. The highest BCUT2D eigenvalue weighted by Crippen LogP contribution is 2.19. The van der Waals surface area contributed by atoms with Gasteiger partial charge in [-0.3, -0.25) is 4.79 Å². The largest absolute Gasteiger partial charge is 0.399 e. The number of halogens is 1. The number of rotatable bonds is 4. The molecule has 1 aromatic carbocycles. The van der Waals surface area contributed by atoms with Gasteiger partial charge in [0.05, 0.1) is 12.6 Å². The van der Waals surface area contributed by atoms with Gasteiger partial charge in [0.2, 0.25) is 0 Å². The first kappa shape index (κ1) is 16.3. The molecular formula is C14H20ClN3O2. The molecular weight excluding hydrogens is 278 g/mol. The van der Waals surface area contributed by atoms with Crippen LogP contribution in [0.25, 0.3) is 0 Å². The molecule has 5 nitrogen and oxygen atoms in total. The lowest BCUT2D eigenvalue weighted by Crippen LogP contribution is -2.27.